The molecular weight excluding hydrogens is 144 g/mol. The summed E-state index contributed by atoms with van der Waals surface area (Å²) in [5.74, 6) is 0.562. The van der Waals surface area contributed by atoms with E-state index in [1.807, 2.05) is 6.07 Å². The Kier molecular flexibility index (Phi) is 2.34. The summed E-state index contributed by atoms with van der Waals surface area (Å²) in [5, 5.41) is 0. The van der Waals surface area contributed by atoms with Crippen molar-refractivity contribution >= 4 is 11.6 Å². The van der Waals surface area contributed by atoms with E-state index in [0.717, 1.165) is 5.56 Å². The fraction of sp³-hybridized carbons (Fsp3) is 0.333. The molecule has 10 heavy (non-hydrogen) atoms. The number of hydrogen-bond donors (Lipinski definition) is 0. The summed E-state index contributed by atoms with van der Waals surface area (Å²) in [6, 6.07) is 7.20. The average molecular weight is 154 g/mol. The van der Waals surface area contributed by atoms with Crippen LogP contribution in [0.15, 0.2) is 12.1 Å². The van der Waals surface area contributed by atoms with E-state index < -0.39 is 0 Å². The molecule has 1 radical (unpaired) electrons. The van der Waals surface area contributed by atoms with Crippen molar-refractivity contribution in [3.05, 3.63) is 34.9 Å². The summed E-state index contributed by atoms with van der Waals surface area (Å²) in [4.78, 5) is 0. The third kappa shape index (κ3) is 1.51. The first kappa shape index (κ1) is 7.62. The van der Waals surface area contributed by atoms with Crippen LogP contribution in [0.4, 0.5) is 0 Å². The topological polar surface area (TPSA) is 0 Å². The van der Waals surface area contributed by atoms with Crippen LogP contribution >= 0.6 is 11.6 Å². The van der Waals surface area contributed by atoms with Gasteiger partial charge in [0.1, 0.15) is 0 Å². The van der Waals surface area contributed by atoms with Crippen molar-refractivity contribution in [2.24, 2.45) is 0 Å². The molecule has 0 heterocycles. The van der Waals surface area contributed by atoms with E-state index in [2.05, 4.69) is 26.0 Å². The number of aryl methyl sites for hydroxylation is 2. The minimum atomic E-state index is 0.562. The molecule has 0 spiro atoms. The van der Waals surface area contributed by atoms with Crippen molar-refractivity contribution in [1.29, 1.82) is 0 Å². The molecule has 0 amide bonds. The molecule has 0 aliphatic rings. The third-order valence-electron chi connectivity index (χ3n) is 1.53. The van der Waals surface area contributed by atoms with Crippen LogP contribution in [-0.2, 0) is 5.88 Å². The van der Waals surface area contributed by atoms with Crippen LogP contribution < -0.4 is 0 Å². The average Bonchev–Trinajstić information content (AvgIpc) is 1.88. The van der Waals surface area contributed by atoms with Crippen LogP contribution in [0.25, 0.3) is 0 Å². The Morgan fingerprint density at radius 3 is 2.70 bits per heavy atom. The monoisotopic (exact) mass is 153 g/mol. The fourth-order valence-electron chi connectivity index (χ4n) is 0.929. The number of hydrogen-bond acceptors (Lipinski definition) is 0. The molecule has 0 bridgehead atoms. The van der Waals surface area contributed by atoms with Gasteiger partial charge in [0, 0.05) is 5.88 Å². The Hall–Kier alpha value is -0.490. The molecule has 1 aromatic rings. The molecular formula is C9H10Cl. The lowest BCUT2D eigenvalue weighted by Gasteiger charge is -2.00. The molecule has 0 aromatic heterocycles. The van der Waals surface area contributed by atoms with E-state index in [1.54, 1.807) is 0 Å². The van der Waals surface area contributed by atoms with Gasteiger partial charge < -0.3 is 0 Å². The molecule has 0 atom stereocenters. The van der Waals surface area contributed by atoms with Crippen molar-refractivity contribution in [1.82, 2.24) is 0 Å². The summed E-state index contributed by atoms with van der Waals surface area (Å²) in [7, 11) is 0. The summed E-state index contributed by atoms with van der Waals surface area (Å²) in [5.41, 5.74) is 3.58. The van der Waals surface area contributed by atoms with Crippen LogP contribution in [0.5, 0.6) is 0 Å². The molecule has 1 rings (SSSR count). The lowest BCUT2D eigenvalue weighted by atomic mass is 10.1. The second-order valence-corrected chi connectivity index (χ2v) is 2.74. The van der Waals surface area contributed by atoms with Crippen LogP contribution in [-0.4, -0.2) is 0 Å². The zero-order chi connectivity index (χ0) is 7.56. The largest absolute Gasteiger partial charge is 0.122 e. The van der Waals surface area contributed by atoms with Crippen molar-refractivity contribution in [2.75, 3.05) is 0 Å². The predicted molar refractivity (Wildman–Crippen MR) is 44.3 cm³/mol. The second kappa shape index (κ2) is 3.07. The highest BCUT2D eigenvalue weighted by molar-refractivity contribution is 6.17. The maximum Gasteiger partial charge on any atom is 0.0482 e. The molecule has 1 heteroatoms. The van der Waals surface area contributed by atoms with Crippen LogP contribution in [0.3, 0.4) is 0 Å². The minimum absolute atomic E-state index is 0.562. The predicted octanol–water partition coefficient (Wildman–Crippen LogP) is 2.84. The Morgan fingerprint density at radius 1 is 1.50 bits per heavy atom. The van der Waals surface area contributed by atoms with Gasteiger partial charge in [-0.15, -0.1) is 11.6 Å². The zero-order valence-corrected chi connectivity index (χ0v) is 7.00. The standard InChI is InChI=1S/C9H10Cl/c1-7-3-4-9(6-10)8(2)5-7/h3,5H,6H2,1-2H3. The van der Waals surface area contributed by atoms with Gasteiger partial charge in [-0.1, -0.05) is 17.7 Å². The van der Waals surface area contributed by atoms with E-state index in [4.69, 9.17) is 11.6 Å². The summed E-state index contributed by atoms with van der Waals surface area (Å²) in [6.07, 6.45) is 0. The van der Waals surface area contributed by atoms with Gasteiger partial charge in [-0.25, -0.2) is 0 Å². The fourth-order valence-corrected chi connectivity index (χ4v) is 1.22. The Labute approximate surface area is 66.8 Å². The first-order valence-corrected chi connectivity index (χ1v) is 3.81. The van der Waals surface area contributed by atoms with Crippen LogP contribution in [0, 0.1) is 19.9 Å². The first-order chi connectivity index (χ1) is 4.74. The van der Waals surface area contributed by atoms with Crippen molar-refractivity contribution in [3.8, 4) is 0 Å². The number of halogens is 1. The third-order valence-corrected chi connectivity index (χ3v) is 1.80. The molecule has 0 fully saturated rings. The molecule has 0 unspecified atom stereocenters. The summed E-state index contributed by atoms with van der Waals surface area (Å²) >= 11 is 5.65. The highest BCUT2D eigenvalue weighted by atomic mass is 35.5. The Bertz CT molecular complexity index is 228. The molecule has 1 aromatic carbocycles. The first-order valence-electron chi connectivity index (χ1n) is 3.28. The number of rotatable bonds is 1. The second-order valence-electron chi connectivity index (χ2n) is 2.47. The van der Waals surface area contributed by atoms with Gasteiger partial charge in [-0.3, -0.25) is 0 Å². The van der Waals surface area contributed by atoms with Gasteiger partial charge >= 0.3 is 0 Å². The van der Waals surface area contributed by atoms with Crippen LogP contribution in [0.1, 0.15) is 16.7 Å². The van der Waals surface area contributed by atoms with E-state index in [9.17, 15) is 0 Å². The quantitative estimate of drug-likeness (QED) is 0.545. The lowest BCUT2D eigenvalue weighted by molar-refractivity contribution is 1.26. The van der Waals surface area contributed by atoms with Gasteiger partial charge in [-0.05, 0) is 31.0 Å². The number of alkyl halides is 1. The Balaban J connectivity index is 3.07. The highest BCUT2D eigenvalue weighted by Gasteiger charge is 1.94. The highest BCUT2D eigenvalue weighted by Crippen LogP contribution is 2.11. The van der Waals surface area contributed by atoms with Crippen molar-refractivity contribution in [3.63, 3.8) is 0 Å². The smallest absolute Gasteiger partial charge is 0.0482 e. The van der Waals surface area contributed by atoms with Gasteiger partial charge in [0.25, 0.3) is 0 Å². The summed E-state index contributed by atoms with van der Waals surface area (Å²) < 4.78 is 0. The van der Waals surface area contributed by atoms with E-state index in [0.29, 0.717) is 5.88 Å². The van der Waals surface area contributed by atoms with Gasteiger partial charge in [-0.2, -0.15) is 0 Å². The normalized spacial score (nSPS) is 9.90. The van der Waals surface area contributed by atoms with E-state index in [-0.39, 0.29) is 0 Å². The molecule has 53 valence electrons. The Morgan fingerprint density at radius 2 is 2.20 bits per heavy atom. The molecule has 0 aliphatic heterocycles. The van der Waals surface area contributed by atoms with Gasteiger partial charge in [0.05, 0.1) is 0 Å². The molecule has 0 saturated heterocycles. The van der Waals surface area contributed by atoms with Crippen LogP contribution in [0.2, 0.25) is 0 Å². The SMILES string of the molecule is Cc1c[c]c(CCl)c(C)c1. The lowest BCUT2D eigenvalue weighted by Crippen LogP contribution is -1.85. The maximum absolute atomic E-state index is 5.65. The van der Waals surface area contributed by atoms with Crippen molar-refractivity contribution in [2.45, 2.75) is 19.7 Å². The summed E-state index contributed by atoms with van der Waals surface area (Å²) in [6.45, 7) is 4.11. The molecule has 0 aliphatic carbocycles. The zero-order valence-electron chi connectivity index (χ0n) is 6.24. The van der Waals surface area contributed by atoms with E-state index >= 15 is 0 Å². The van der Waals surface area contributed by atoms with Gasteiger partial charge in [0.2, 0.25) is 0 Å². The molecule has 0 N–H and O–H groups in total. The van der Waals surface area contributed by atoms with Gasteiger partial charge in [0.15, 0.2) is 0 Å². The maximum atomic E-state index is 5.65. The van der Waals surface area contributed by atoms with Crippen molar-refractivity contribution < 1.29 is 0 Å². The molecule has 0 saturated carbocycles. The minimum Gasteiger partial charge on any atom is -0.122 e. The van der Waals surface area contributed by atoms with E-state index in [1.165, 1.54) is 11.1 Å². The molecule has 0 nitrogen and oxygen atoms in total. The number of benzene rings is 1.